The molecule has 3 rings (SSSR count). The average molecular weight is 363 g/mol. The molecule has 1 aromatic rings. The monoisotopic (exact) mass is 362 g/mol. The fraction of sp³-hybridized carbons (Fsp3) is 0.444. The smallest absolute Gasteiger partial charge is 0.254 e. The Morgan fingerprint density at radius 2 is 1.88 bits per heavy atom. The van der Waals surface area contributed by atoms with Crippen molar-refractivity contribution in [2.24, 2.45) is 0 Å². The summed E-state index contributed by atoms with van der Waals surface area (Å²) < 4.78 is 0. The summed E-state index contributed by atoms with van der Waals surface area (Å²) in [5, 5.41) is 0.624. The van der Waals surface area contributed by atoms with E-state index < -0.39 is 12.3 Å². The maximum absolute atomic E-state index is 13.0. The van der Waals surface area contributed by atoms with Crippen LogP contribution in [0, 0.1) is 0 Å². The Labute approximate surface area is 153 Å². The highest BCUT2D eigenvalue weighted by atomic mass is 35.5. The van der Waals surface area contributed by atoms with Crippen molar-refractivity contribution in [3.05, 3.63) is 46.6 Å². The fourth-order valence-electron chi connectivity index (χ4n) is 3.55. The van der Waals surface area contributed by atoms with E-state index in [0.717, 1.165) is 5.56 Å². The van der Waals surface area contributed by atoms with Gasteiger partial charge in [0.1, 0.15) is 6.04 Å². The van der Waals surface area contributed by atoms with Crippen LogP contribution in [0.2, 0.25) is 5.02 Å². The van der Waals surface area contributed by atoms with Crippen LogP contribution in [0.4, 0.5) is 0 Å². The third-order valence-corrected chi connectivity index (χ3v) is 4.90. The molecular formula is C18H23ClN4O2. The Bertz CT molecular complexity index is 732. The standard InChI is InChI=1S/C18H23ClN4O2/c1-20(2)10-13-9-15-17(25)22(11-12-7-5-6-8-14(12)19)18(21(3)4)23(15)16(13)24/h5-8,10,15,18H,9,11H2,1-4H3/b13-10+/t15-,18?/m0/s1. The van der Waals surface area contributed by atoms with Gasteiger partial charge in [-0.05, 0) is 25.7 Å². The van der Waals surface area contributed by atoms with Crippen molar-refractivity contribution in [1.82, 2.24) is 19.6 Å². The minimum absolute atomic E-state index is 0.0332. The Hall–Kier alpha value is -2.05. The highest BCUT2D eigenvalue weighted by molar-refractivity contribution is 6.31. The quantitative estimate of drug-likeness (QED) is 0.763. The topological polar surface area (TPSA) is 47.1 Å². The molecule has 1 unspecified atom stereocenters. The van der Waals surface area contributed by atoms with Crippen molar-refractivity contribution in [3.8, 4) is 0 Å². The van der Waals surface area contributed by atoms with Gasteiger partial charge in [-0.15, -0.1) is 0 Å². The maximum atomic E-state index is 13.0. The molecule has 2 saturated heterocycles. The lowest BCUT2D eigenvalue weighted by atomic mass is 10.1. The molecule has 0 aliphatic carbocycles. The van der Waals surface area contributed by atoms with E-state index in [4.69, 9.17) is 11.6 Å². The summed E-state index contributed by atoms with van der Waals surface area (Å²) in [4.78, 5) is 33.0. The number of halogens is 1. The van der Waals surface area contributed by atoms with Crippen LogP contribution in [0.5, 0.6) is 0 Å². The van der Waals surface area contributed by atoms with Crippen LogP contribution in [-0.2, 0) is 16.1 Å². The zero-order valence-electron chi connectivity index (χ0n) is 14.9. The molecule has 134 valence electrons. The number of carbonyl (C=O) groups excluding carboxylic acids is 2. The first kappa shape index (κ1) is 17.8. The van der Waals surface area contributed by atoms with Crippen LogP contribution in [-0.4, -0.2) is 71.9 Å². The van der Waals surface area contributed by atoms with E-state index in [0.29, 0.717) is 23.6 Å². The summed E-state index contributed by atoms with van der Waals surface area (Å²) in [5.74, 6) is -0.110. The van der Waals surface area contributed by atoms with Crippen molar-refractivity contribution >= 4 is 23.4 Å². The molecule has 0 spiro atoms. The Morgan fingerprint density at radius 1 is 1.20 bits per heavy atom. The third kappa shape index (κ3) is 3.12. The van der Waals surface area contributed by atoms with Crippen LogP contribution in [0.15, 0.2) is 36.0 Å². The van der Waals surface area contributed by atoms with Crippen molar-refractivity contribution in [3.63, 3.8) is 0 Å². The van der Waals surface area contributed by atoms with Crippen LogP contribution >= 0.6 is 11.6 Å². The van der Waals surface area contributed by atoms with Gasteiger partial charge in [-0.1, -0.05) is 29.8 Å². The zero-order valence-corrected chi connectivity index (χ0v) is 15.7. The number of hydrogen-bond acceptors (Lipinski definition) is 4. The van der Waals surface area contributed by atoms with Crippen molar-refractivity contribution in [2.75, 3.05) is 28.2 Å². The van der Waals surface area contributed by atoms with Gasteiger partial charge in [-0.3, -0.25) is 19.4 Å². The molecule has 2 aliphatic heterocycles. The lowest BCUT2D eigenvalue weighted by Gasteiger charge is -2.34. The molecule has 0 saturated carbocycles. The summed E-state index contributed by atoms with van der Waals surface area (Å²) in [6, 6.07) is 7.04. The van der Waals surface area contributed by atoms with Gasteiger partial charge in [-0.2, -0.15) is 0 Å². The van der Waals surface area contributed by atoms with E-state index in [1.54, 1.807) is 16.0 Å². The number of carbonyl (C=O) groups is 2. The highest BCUT2D eigenvalue weighted by Gasteiger charge is 2.54. The van der Waals surface area contributed by atoms with Crippen molar-refractivity contribution in [2.45, 2.75) is 25.3 Å². The first-order valence-electron chi connectivity index (χ1n) is 8.21. The van der Waals surface area contributed by atoms with Crippen LogP contribution in [0.1, 0.15) is 12.0 Å². The van der Waals surface area contributed by atoms with Gasteiger partial charge >= 0.3 is 0 Å². The van der Waals surface area contributed by atoms with Gasteiger partial charge < -0.3 is 9.80 Å². The predicted octanol–water partition coefficient (Wildman–Crippen LogP) is 1.57. The molecule has 0 N–H and O–H groups in total. The van der Waals surface area contributed by atoms with Crippen LogP contribution < -0.4 is 0 Å². The molecule has 0 radical (unpaired) electrons. The molecule has 2 aliphatic rings. The van der Waals surface area contributed by atoms with E-state index >= 15 is 0 Å². The molecule has 2 amide bonds. The number of fused-ring (bicyclic) bond motifs is 1. The van der Waals surface area contributed by atoms with Gasteiger partial charge in [0.2, 0.25) is 5.91 Å². The van der Waals surface area contributed by atoms with Crippen LogP contribution in [0.25, 0.3) is 0 Å². The largest absolute Gasteiger partial charge is 0.383 e. The molecule has 25 heavy (non-hydrogen) atoms. The molecule has 0 bridgehead atoms. The summed E-state index contributed by atoms with van der Waals surface area (Å²) in [6.07, 6.45) is 1.84. The van der Waals surface area contributed by atoms with Gasteiger partial charge in [0, 0.05) is 37.3 Å². The van der Waals surface area contributed by atoms with E-state index in [1.165, 1.54) is 0 Å². The molecular weight excluding hydrogens is 340 g/mol. The summed E-state index contributed by atoms with van der Waals surface area (Å²) in [5.41, 5.74) is 1.55. The minimum Gasteiger partial charge on any atom is -0.383 e. The van der Waals surface area contributed by atoms with Gasteiger partial charge in [0.05, 0.1) is 6.54 Å². The molecule has 0 aromatic heterocycles. The van der Waals surface area contributed by atoms with Crippen molar-refractivity contribution in [1.29, 1.82) is 0 Å². The highest BCUT2D eigenvalue weighted by Crippen LogP contribution is 2.36. The Kier molecular flexibility index (Phi) is 4.75. The van der Waals surface area contributed by atoms with E-state index in [-0.39, 0.29) is 11.8 Å². The first-order chi connectivity index (χ1) is 11.8. The van der Waals surface area contributed by atoms with Crippen molar-refractivity contribution < 1.29 is 9.59 Å². The van der Waals surface area contributed by atoms with E-state index in [2.05, 4.69) is 0 Å². The number of rotatable bonds is 4. The van der Waals surface area contributed by atoms with Gasteiger partial charge in [0.25, 0.3) is 5.91 Å². The molecule has 7 heteroatoms. The second-order valence-corrected chi connectivity index (χ2v) is 7.33. The normalized spacial score (nSPS) is 24.6. The summed E-state index contributed by atoms with van der Waals surface area (Å²) in [6.45, 7) is 0.383. The maximum Gasteiger partial charge on any atom is 0.254 e. The Morgan fingerprint density at radius 3 is 2.48 bits per heavy atom. The third-order valence-electron chi connectivity index (χ3n) is 4.53. The summed E-state index contributed by atoms with van der Waals surface area (Å²) in [7, 11) is 7.50. The molecule has 6 nitrogen and oxygen atoms in total. The zero-order chi connectivity index (χ0) is 18.3. The number of nitrogens with zero attached hydrogens (tertiary/aromatic N) is 4. The molecule has 2 fully saturated rings. The van der Waals surface area contributed by atoms with Crippen LogP contribution in [0.3, 0.4) is 0 Å². The van der Waals surface area contributed by atoms with E-state index in [9.17, 15) is 9.59 Å². The molecule has 2 atom stereocenters. The summed E-state index contributed by atoms with van der Waals surface area (Å²) >= 11 is 6.26. The molecule has 1 aromatic carbocycles. The molecule has 2 heterocycles. The second kappa shape index (κ2) is 6.69. The first-order valence-corrected chi connectivity index (χ1v) is 8.59. The fourth-order valence-corrected chi connectivity index (χ4v) is 3.74. The van der Waals surface area contributed by atoms with Gasteiger partial charge in [0.15, 0.2) is 6.29 Å². The predicted molar refractivity (Wildman–Crippen MR) is 96.5 cm³/mol. The second-order valence-electron chi connectivity index (χ2n) is 6.92. The number of amides is 2. The SMILES string of the molecule is CN(C)/C=C1\C[C@H]2C(=O)N(Cc3ccccc3Cl)C(N(C)C)N2C1=O. The average Bonchev–Trinajstić information content (AvgIpc) is 2.98. The number of benzene rings is 1. The minimum atomic E-state index is -0.436. The Balaban J connectivity index is 1.92. The van der Waals surface area contributed by atoms with E-state index in [1.807, 2.05) is 62.3 Å². The lowest BCUT2D eigenvalue weighted by Crippen LogP contribution is -2.50. The number of hydrogen-bond donors (Lipinski definition) is 0. The lowest BCUT2D eigenvalue weighted by molar-refractivity contribution is -0.134. The van der Waals surface area contributed by atoms with Gasteiger partial charge in [-0.25, -0.2) is 0 Å².